The number of anilines is 1. The number of aryl methyl sites for hydroxylation is 1. The van der Waals surface area contributed by atoms with Crippen molar-refractivity contribution in [1.29, 1.82) is 0 Å². The zero-order chi connectivity index (χ0) is 12.1. The summed E-state index contributed by atoms with van der Waals surface area (Å²) in [6, 6.07) is 6.47. The molecule has 0 aromatic heterocycles. The first-order valence-corrected chi connectivity index (χ1v) is 5.84. The Hall–Kier alpha value is -1.31. The Morgan fingerprint density at radius 1 is 1.38 bits per heavy atom. The molecule has 0 bridgehead atoms. The molecule has 0 fully saturated rings. The van der Waals surface area contributed by atoms with Crippen LogP contribution in [0, 0.1) is 6.92 Å². The maximum Gasteiger partial charge on any atom is 0.131 e. The van der Waals surface area contributed by atoms with E-state index in [0.29, 0.717) is 12.3 Å². The lowest BCUT2D eigenvalue weighted by atomic mass is 10.0. The molecule has 0 unspecified atom stereocenters. The molecule has 16 heavy (non-hydrogen) atoms. The monoisotopic (exact) mass is 219 g/mol. The predicted octanol–water partition coefficient (Wildman–Crippen LogP) is 3.51. The molecule has 2 heteroatoms. The summed E-state index contributed by atoms with van der Waals surface area (Å²) in [6.45, 7) is 8.80. The second-order valence-corrected chi connectivity index (χ2v) is 4.61. The van der Waals surface area contributed by atoms with E-state index in [1.807, 2.05) is 0 Å². The molecule has 0 aliphatic rings. The summed E-state index contributed by atoms with van der Waals surface area (Å²) in [5.41, 5.74) is 3.70. The van der Waals surface area contributed by atoms with Crippen molar-refractivity contribution in [2.24, 2.45) is 0 Å². The van der Waals surface area contributed by atoms with Gasteiger partial charge < -0.3 is 5.32 Å². The quantitative estimate of drug-likeness (QED) is 0.821. The van der Waals surface area contributed by atoms with E-state index >= 15 is 0 Å². The third-order valence-electron chi connectivity index (χ3n) is 2.72. The number of hydrogen-bond donors (Lipinski definition) is 1. The van der Waals surface area contributed by atoms with Crippen LogP contribution in [0.4, 0.5) is 5.69 Å². The largest absolute Gasteiger partial charge is 0.384 e. The van der Waals surface area contributed by atoms with Crippen LogP contribution in [-0.2, 0) is 4.79 Å². The molecular formula is C14H21NO. The SMILES string of the molecule is CC(=O)CCNc1cc(C(C)C)ccc1C. The fraction of sp³-hybridized carbons (Fsp3) is 0.500. The molecule has 0 aliphatic carbocycles. The van der Waals surface area contributed by atoms with Crippen LogP contribution in [0.5, 0.6) is 0 Å². The van der Waals surface area contributed by atoms with E-state index < -0.39 is 0 Å². The van der Waals surface area contributed by atoms with Crippen molar-refractivity contribution >= 4 is 11.5 Å². The first kappa shape index (κ1) is 12.8. The van der Waals surface area contributed by atoms with E-state index in [2.05, 4.69) is 44.3 Å². The molecule has 0 radical (unpaired) electrons. The molecule has 1 N–H and O–H groups in total. The molecule has 1 aromatic rings. The molecule has 0 atom stereocenters. The molecule has 0 spiro atoms. The molecule has 1 rings (SSSR count). The van der Waals surface area contributed by atoms with Crippen molar-refractivity contribution in [3.05, 3.63) is 29.3 Å². The van der Waals surface area contributed by atoms with E-state index in [1.165, 1.54) is 11.1 Å². The maximum atomic E-state index is 10.9. The second-order valence-electron chi connectivity index (χ2n) is 4.61. The zero-order valence-corrected chi connectivity index (χ0v) is 10.6. The number of rotatable bonds is 5. The molecular weight excluding hydrogens is 198 g/mol. The van der Waals surface area contributed by atoms with Gasteiger partial charge in [0.15, 0.2) is 0 Å². The molecule has 0 saturated carbocycles. The van der Waals surface area contributed by atoms with E-state index in [4.69, 9.17) is 0 Å². The summed E-state index contributed by atoms with van der Waals surface area (Å²) < 4.78 is 0. The summed E-state index contributed by atoms with van der Waals surface area (Å²) in [5, 5.41) is 3.32. The summed E-state index contributed by atoms with van der Waals surface area (Å²) >= 11 is 0. The zero-order valence-electron chi connectivity index (χ0n) is 10.6. The van der Waals surface area contributed by atoms with Crippen LogP contribution in [0.3, 0.4) is 0 Å². The van der Waals surface area contributed by atoms with E-state index in [1.54, 1.807) is 6.92 Å². The first-order chi connectivity index (χ1) is 7.50. The van der Waals surface area contributed by atoms with Crippen LogP contribution >= 0.6 is 0 Å². The van der Waals surface area contributed by atoms with Gasteiger partial charge in [0.25, 0.3) is 0 Å². The van der Waals surface area contributed by atoms with Gasteiger partial charge in [-0.05, 0) is 37.0 Å². The van der Waals surface area contributed by atoms with Gasteiger partial charge in [-0.15, -0.1) is 0 Å². The van der Waals surface area contributed by atoms with Gasteiger partial charge in [0.1, 0.15) is 5.78 Å². The number of carbonyl (C=O) groups is 1. The third-order valence-corrected chi connectivity index (χ3v) is 2.72. The predicted molar refractivity (Wildman–Crippen MR) is 69.1 cm³/mol. The van der Waals surface area contributed by atoms with Crippen LogP contribution in [0.1, 0.15) is 44.2 Å². The Morgan fingerprint density at radius 2 is 2.06 bits per heavy atom. The van der Waals surface area contributed by atoms with Crippen molar-refractivity contribution in [3.8, 4) is 0 Å². The second kappa shape index (κ2) is 5.69. The van der Waals surface area contributed by atoms with Gasteiger partial charge in [0.2, 0.25) is 0 Å². The minimum Gasteiger partial charge on any atom is -0.384 e. The van der Waals surface area contributed by atoms with E-state index in [0.717, 1.165) is 12.2 Å². The van der Waals surface area contributed by atoms with Crippen molar-refractivity contribution in [1.82, 2.24) is 0 Å². The van der Waals surface area contributed by atoms with Crippen molar-refractivity contribution in [3.63, 3.8) is 0 Å². The Morgan fingerprint density at radius 3 is 2.62 bits per heavy atom. The van der Waals surface area contributed by atoms with Crippen molar-refractivity contribution in [2.45, 2.75) is 40.0 Å². The summed E-state index contributed by atoms with van der Waals surface area (Å²) in [7, 11) is 0. The minimum absolute atomic E-state index is 0.227. The highest BCUT2D eigenvalue weighted by Crippen LogP contribution is 2.22. The molecule has 0 amide bonds. The van der Waals surface area contributed by atoms with Gasteiger partial charge in [-0.3, -0.25) is 4.79 Å². The number of Topliss-reactive ketones (excluding diaryl/α,β-unsaturated/α-hetero) is 1. The fourth-order valence-corrected chi connectivity index (χ4v) is 1.56. The highest BCUT2D eigenvalue weighted by atomic mass is 16.1. The van der Waals surface area contributed by atoms with Crippen LogP contribution in [0.2, 0.25) is 0 Å². The first-order valence-electron chi connectivity index (χ1n) is 5.84. The number of nitrogens with one attached hydrogen (secondary N) is 1. The van der Waals surface area contributed by atoms with Gasteiger partial charge in [-0.25, -0.2) is 0 Å². The number of benzene rings is 1. The topological polar surface area (TPSA) is 29.1 Å². The van der Waals surface area contributed by atoms with Gasteiger partial charge in [-0.2, -0.15) is 0 Å². The summed E-state index contributed by atoms with van der Waals surface area (Å²) in [5.74, 6) is 0.763. The summed E-state index contributed by atoms with van der Waals surface area (Å²) in [6.07, 6.45) is 0.589. The molecule has 0 aliphatic heterocycles. The Bertz CT molecular complexity index is 369. The lowest BCUT2D eigenvalue weighted by Gasteiger charge is -2.12. The van der Waals surface area contributed by atoms with Gasteiger partial charge in [0.05, 0.1) is 0 Å². The number of ketones is 1. The van der Waals surface area contributed by atoms with Crippen LogP contribution in [-0.4, -0.2) is 12.3 Å². The van der Waals surface area contributed by atoms with Gasteiger partial charge >= 0.3 is 0 Å². The minimum atomic E-state index is 0.227. The Labute approximate surface area is 98.1 Å². The maximum absolute atomic E-state index is 10.9. The smallest absolute Gasteiger partial charge is 0.131 e. The van der Waals surface area contributed by atoms with Crippen molar-refractivity contribution < 1.29 is 4.79 Å². The Balaban J connectivity index is 2.70. The summed E-state index contributed by atoms with van der Waals surface area (Å²) in [4.78, 5) is 10.9. The lowest BCUT2D eigenvalue weighted by Crippen LogP contribution is -2.07. The lowest BCUT2D eigenvalue weighted by molar-refractivity contribution is -0.116. The number of hydrogen-bond acceptors (Lipinski definition) is 2. The fourth-order valence-electron chi connectivity index (χ4n) is 1.56. The molecule has 88 valence electrons. The van der Waals surface area contributed by atoms with Crippen LogP contribution < -0.4 is 5.32 Å². The third kappa shape index (κ3) is 3.69. The van der Waals surface area contributed by atoms with Crippen LogP contribution in [0.25, 0.3) is 0 Å². The molecule has 1 aromatic carbocycles. The molecule has 2 nitrogen and oxygen atoms in total. The average Bonchev–Trinajstić information content (AvgIpc) is 2.20. The highest BCUT2D eigenvalue weighted by Gasteiger charge is 2.03. The highest BCUT2D eigenvalue weighted by molar-refractivity contribution is 5.76. The number of carbonyl (C=O) groups excluding carboxylic acids is 1. The van der Waals surface area contributed by atoms with Crippen molar-refractivity contribution in [2.75, 3.05) is 11.9 Å². The molecule has 0 heterocycles. The normalized spacial score (nSPS) is 10.6. The van der Waals surface area contributed by atoms with Gasteiger partial charge in [-0.1, -0.05) is 26.0 Å². The van der Waals surface area contributed by atoms with E-state index in [-0.39, 0.29) is 5.78 Å². The standard InChI is InChI=1S/C14H21NO/c1-10(2)13-6-5-11(3)14(9-13)15-8-7-12(4)16/h5-6,9-10,15H,7-8H2,1-4H3. The van der Waals surface area contributed by atoms with Crippen LogP contribution in [0.15, 0.2) is 18.2 Å². The average molecular weight is 219 g/mol. The van der Waals surface area contributed by atoms with E-state index in [9.17, 15) is 4.79 Å². The Kier molecular flexibility index (Phi) is 4.53. The van der Waals surface area contributed by atoms with Gasteiger partial charge in [0, 0.05) is 18.7 Å². The molecule has 0 saturated heterocycles.